The first-order valence-electron chi connectivity index (χ1n) is 5.92. The summed E-state index contributed by atoms with van der Waals surface area (Å²) in [4.78, 5) is 7.24. The molecule has 0 atom stereocenters. The van der Waals surface area contributed by atoms with Crippen molar-refractivity contribution < 1.29 is 22.6 Å². The lowest BCUT2D eigenvalue weighted by atomic mass is 10.3. The second-order valence-corrected chi connectivity index (χ2v) is 3.74. The van der Waals surface area contributed by atoms with Crippen LogP contribution < -0.4 is 10.6 Å². The number of halogens is 3. The summed E-state index contributed by atoms with van der Waals surface area (Å²) in [5, 5.41) is 5.24. The predicted octanol–water partition coefficient (Wildman–Crippen LogP) is 1.61. The molecule has 0 fully saturated rings. The number of aromatic nitrogens is 2. The van der Waals surface area contributed by atoms with Crippen molar-refractivity contribution in [3.63, 3.8) is 0 Å². The molecule has 0 radical (unpaired) electrons. The van der Waals surface area contributed by atoms with Gasteiger partial charge in [0.15, 0.2) is 5.69 Å². The first-order valence-corrected chi connectivity index (χ1v) is 5.92. The van der Waals surface area contributed by atoms with Crippen LogP contribution in [0.4, 0.5) is 24.9 Å². The quantitative estimate of drug-likeness (QED) is 0.710. The Hall–Kier alpha value is -1.61. The largest absolute Gasteiger partial charge is 0.433 e. The smallest absolute Gasteiger partial charge is 0.382 e. The minimum Gasteiger partial charge on any atom is -0.382 e. The number of rotatable bonds is 8. The van der Waals surface area contributed by atoms with E-state index in [4.69, 9.17) is 9.47 Å². The minimum atomic E-state index is -4.51. The number of nitrogens with zero attached hydrogens (tertiary/aromatic N) is 2. The second-order valence-electron chi connectivity index (χ2n) is 3.74. The van der Waals surface area contributed by atoms with Gasteiger partial charge in [-0.2, -0.15) is 18.2 Å². The van der Waals surface area contributed by atoms with E-state index in [1.807, 2.05) is 0 Å². The number of hydrogen-bond donors (Lipinski definition) is 2. The molecule has 1 rings (SSSR count). The van der Waals surface area contributed by atoms with Gasteiger partial charge >= 0.3 is 6.18 Å². The molecule has 20 heavy (non-hydrogen) atoms. The summed E-state index contributed by atoms with van der Waals surface area (Å²) in [5.74, 6) is -0.00496. The van der Waals surface area contributed by atoms with E-state index < -0.39 is 11.9 Å². The van der Waals surface area contributed by atoms with Crippen molar-refractivity contribution in [1.82, 2.24) is 9.97 Å². The molecule has 0 amide bonds. The van der Waals surface area contributed by atoms with Gasteiger partial charge < -0.3 is 20.1 Å². The number of methoxy groups -OCH3 is 1. The average molecular weight is 294 g/mol. The van der Waals surface area contributed by atoms with Crippen molar-refractivity contribution in [3.05, 3.63) is 11.8 Å². The molecule has 114 valence electrons. The molecular weight excluding hydrogens is 277 g/mol. The summed E-state index contributed by atoms with van der Waals surface area (Å²) in [6.07, 6.45) is -4.51. The van der Waals surface area contributed by atoms with Crippen LogP contribution in [0, 0.1) is 0 Å². The molecule has 0 aliphatic carbocycles. The fourth-order valence-electron chi connectivity index (χ4n) is 1.29. The summed E-state index contributed by atoms with van der Waals surface area (Å²) < 4.78 is 47.9. The first kappa shape index (κ1) is 16.4. The maximum Gasteiger partial charge on any atom is 0.433 e. The zero-order valence-electron chi connectivity index (χ0n) is 11.3. The van der Waals surface area contributed by atoms with Crippen LogP contribution >= 0.6 is 0 Å². The highest BCUT2D eigenvalue weighted by Gasteiger charge is 2.33. The maximum absolute atomic E-state index is 12.6. The zero-order chi connectivity index (χ0) is 15.0. The van der Waals surface area contributed by atoms with Crippen molar-refractivity contribution in [3.8, 4) is 0 Å². The SMILES string of the molecule is CNc1nc(NCCOCCOC)cc(C(F)(F)F)n1. The summed E-state index contributed by atoms with van der Waals surface area (Å²) >= 11 is 0. The van der Waals surface area contributed by atoms with E-state index in [9.17, 15) is 13.2 Å². The molecule has 1 aromatic heterocycles. The second kappa shape index (κ2) is 7.85. The van der Waals surface area contributed by atoms with Crippen LogP contribution in [-0.2, 0) is 15.7 Å². The topological polar surface area (TPSA) is 68.3 Å². The molecular formula is C11H17F3N4O2. The third kappa shape index (κ3) is 5.57. The van der Waals surface area contributed by atoms with Gasteiger partial charge in [0.2, 0.25) is 5.95 Å². The molecule has 0 bridgehead atoms. The molecule has 0 saturated carbocycles. The monoisotopic (exact) mass is 294 g/mol. The predicted molar refractivity (Wildman–Crippen MR) is 67.8 cm³/mol. The summed E-state index contributed by atoms with van der Waals surface area (Å²) in [5.41, 5.74) is -1.00. The molecule has 6 nitrogen and oxygen atoms in total. The van der Waals surface area contributed by atoms with Gasteiger partial charge in [-0.05, 0) is 0 Å². The molecule has 2 N–H and O–H groups in total. The Bertz CT molecular complexity index is 415. The summed E-state index contributed by atoms with van der Waals surface area (Å²) in [6, 6.07) is 0.857. The van der Waals surface area contributed by atoms with Crippen molar-refractivity contribution in [2.75, 3.05) is 51.2 Å². The molecule has 9 heteroatoms. The van der Waals surface area contributed by atoms with Crippen LogP contribution in [0.1, 0.15) is 5.69 Å². The Labute approximate surface area is 114 Å². The van der Waals surface area contributed by atoms with E-state index in [0.29, 0.717) is 26.4 Å². The van der Waals surface area contributed by atoms with E-state index in [2.05, 4.69) is 20.6 Å². The first-order chi connectivity index (χ1) is 9.47. The van der Waals surface area contributed by atoms with Crippen molar-refractivity contribution >= 4 is 11.8 Å². The van der Waals surface area contributed by atoms with Crippen molar-refractivity contribution in [2.45, 2.75) is 6.18 Å². The Morgan fingerprint density at radius 2 is 1.95 bits per heavy atom. The molecule has 0 saturated heterocycles. The highest BCUT2D eigenvalue weighted by atomic mass is 19.4. The number of nitrogens with one attached hydrogen (secondary N) is 2. The van der Waals surface area contributed by atoms with Crippen LogP contribution in [0.2, 0.25) is 0 Å². The Balaban J connectivity index is 2.56. The van der Waals surface area contributed by atoms with Crippen LogP contribution in [-0.4, -0.2) is 50.5 Å². The third-order valence-corrected chi connectivity index (χ3v) is 2.22. The maximum atomic E-state index is 12.6. The van der Waals surface area contributed by atoms with Crippen molar-refractivity contribution in [1.29, 1.82) is 0 Å². The van der Waals surface area contributed by atoms with Gasteiger partial charge in [-0.25, -0.2) is 4.98 Å². The third-order valence-electron chi connectivity index (χ3n) is 2.22. The lowest BCUT2D eigenvalue weighted by Crippen LogP contribution is -2.16. The molecule has 1 heterocycles. The van der Waals surface area contributed by atoms with Gasteiger partial charge in [0, 0.05) is 26.8 Å². The lowest BCUT2D eigenvalue weighted by molar-refractivity contribution is -0.141. The van der Waals surface area contributed by atoms with Crippen LogP contribution in [0.15, 0.2) is 6.07 Å². The Kier molecular flexibility index (Phi) is 6.46. The molecule has 0 spiro atoms. The van der Waals surface area contributed by atoms with E-state index in [1.165, 1.54) is 7.05 Å². The number of anilines is 2. The van der Waals surface area contributed by atoms with Gasteiger partial charge in [0.25, 0.3) is 0 Å². The lowest BCUT2D eigenvalue weighted by Gasteiger charge is -2.11. The van der Waals surface area contributed by atoms with Crippen LogP contribution in [0.3, 0.4) is 0 Å². The fourth-order valence-corrected chi connectivity index (χ4v) is 1.29. The van der Waals surface area contributed by atoms with Gasteiger partial charge in [-0.1, -0.05) is 0 Å². The van der Waals surface area contributed by atoms with Crippen LogP contribution in [0.5, 0.6) is 0 Å². The minimum absolute atomic E-state index is 0.0898. The molecule has 0 aromatic carbocycles. The molecule has 0 unspecified atom stereocenters. The van der Waals surface area contributed by atoms with E-state index in [-0.39, 0.29) is 11.8 Å². The Morgan fingerprint density at radius 1 is 1.20 bits per heavy atom. The van der Waals surface area contributed by atoms with Gasteiger partial charge in [0.1, 0.15) is 5.82 Å². The Morgan fingerprint density at radius 3 is 2.55 bits per heavy atom. The van der Waals surface area contributed by atoms with Crippen molar-refractivity contribution in [2.24, 2.45) is 0 Å². The summed E-state index contributed by atoms with van der Waals surface area (Å²) in [6.45, 7) is 1.57. The van der Waals surface area contributed by atoms with Gasteiger partial charge in [0.05, 0.1) is 19.8 Å². The fraction of sp³-hybridized carbons (Fsp3) is 0.636. The van der Waals surface area contributed by atoms with Crippen LogP contribution in [0.25, 0.3) is 0 Å². The summed E-state index contributed by atoms with van der Waals surface area (Å²) in [7, 11) is 3.01. The molecule has 0 aliphatic heterocycles. The van der Waals surface area contributed by atoms with Gasteiger partial charge in [-0.3, -0.25) is 0 Å². The standard InChI is InChI=1S/C11H17F3N4O2/c1-15-10-17-8(11(12,13)14)7-9(18-10)16-3-4-20-6-5-19-2/h7H,3-6H2,1-2H3,(H2,15,16,17,18). The van der Waals surface area contributed by atoms with E-state index >= 15 is 0 Å². The van der Waals surface area contributed by atoms with Gasteiger partial charge in [-0.15, -0.1) is 0 Å². The molecule has 0 aliphatic rings. The average Bonchev–Trinajstić information content (AvgIpc) is 2.41. The zero-order valence-corrected chi connectivity index (χ0v) is 11.3. The number of hydrogen-bond acceptors (Lipinski definition) is 6. The van der Waals surface area contributed by atoms with E-state index in [1.54, 1.807) is 7.11 Å². The number of alkyl halides is 3. The highest BCUT2D eigenvalue weighted by Crippen LogP contribution is 2.29. The highest BCUT2D eigenvalue weighted by molar-refractivity contribution is 5.42. The molecule has 1 aromatic rings. The van der Waals surface area contributed by atoms with E-state index in [0.717, 1.165) is 6.07 Å². The normalized spacial score (nSPS) is 11.4. The number of ether oxygens (including phenoxy) is 2.